The molecule has 2 nitrogen and oxygen atoms in total. The smallest absolute Gasteiger partial charge is 0.119 e. The van der Waals surface area contributed by atoms with Crippen LogP contribution in [0.15, 0.2) is 24.3 Å². The van der Waals surface area contributed by atoms with E-state index in [0.29, 0.717) is 12.0 Å². The zero-order valence-corrected chi connectivity index (χ0v) is 12.5. The molecule has 0 amide bonds. The van der Waals surface area contributed by atoms with Crippen LogP contribution >= 0.6 is 0 Å². The molecule has 1 N–H and O–H groups in total. The molecule has 0 radical (unpaired) electrons. The van der Waals surface area contributed by atoms with Gasteiger partial charge in [-0.05, 0) is 42.9 Å². The molecular weight excluding hydrogens is 234 g/mol. The molecule has 1 saturated carbocycles. The van der Waals surface area contributed by atoms with E-state index in [-0.39, 0.29) is 0 Å². The molecule has 0 spiro atoms. The summed E-state index contributed by atoms with van der Waals surface area (Å²) >= 11 is 0. The third kappa shape index (κ3) is 4.87. The maximum absolute atomic E-state index is 6.11. The lowest BCUT2D eigenvalue weighted by molar-refractivity contribution is 0.186. The molecule has 2 rings (SSSR count). The van der Waals surface area contributed by atoms with E-state index >= 15 is 0 Å². The van der Waals surface area contributed by atoms with Gasteiger partial charge in [-0.3, -0.25) is 0 Å². The SMILES string of the molecule is CCCC(CNC1CC1)Oc1ccc(C(C)C)cc1. The first-order valence-corrected chi connectivity index (χ1v) is 7.69. The van der Waals surface area contributed by atoms with E-state index in [1.54, 1.807) is 0 Å². The number of hydrogen-bond donors (Lipinski definition) is 1. The van der Waals surface area contributed by atoms with Crippen LogP contribution in [-0.4, -0.2) is 18.7 Å². The molecule has 0 aliphatic heterocycles. The Morgan fingerprint density at radius 1 is 1.21 bits per heavy atom. The number of ether oxygens (including phenoxy) is 1. The van der Waals surface area contributed by atoms with Gasteiger partial charge in [-0.15, -0.1) is 0 Å². The Morgan fingerprint density at radius 3 is 2.42 bits per heavy atom. The fraction of sp³-hybridized carbons (Fsp3) is 0.647. The van der Waals surface area contributed by atoms with Crippen molar-refractivity contribution in [3.05, 3.63) is 29.8 Å². The standard InChI is InChI=1S/C17H27NO/c1-4-5-17(12-18-15-8-9-15)19-16-10-6-14(7-11-16)13(2)3/h6-7,10-11,13,15,17-18H,4-5,8-9,12H2,1-3H3. The molecule has 0 aromatic heterocycles. The summed E-state index contributed by atoms with van der Waals surface area (Å²) in [5.41, 5.74) is 1.37. The predicted molar refractivity (Wildman–Crippen MR) is 80.9 cm³/mol. The van der Waals surface area contributed by atoms with E-state index in [1.165, 1.54) is 24.8 Å². The Morgan fingerprint density at radius 2 is 1.89 bits per heavy atom. The summed E-state index contributed by atoms with van der Waals surface area (Å²) in [6.07, 6.45) is 5.26. The van der Waals surface area contributed by atoms with Crippen molar-refractivity contribution < 1.29 is 4.74 Å². The van der Waals surface area contributed by atoms with Crippen molar-refractivity contribution in [1.29, 1.82) is 0 Å². The maximum Gasteiger partial charge on any atom is 0.119 e. The molecule has 1 aliphatic carbocycles. The second-order valence-corrected chi connectivity index (χ2v) is 5.93. The molecule has 0 saturated heterocycles. The highest BCUT2D eigenvalue weighted by molar-refractivity contribution is 5.29. The fourth-order valence-corrected chi connectivity index (χ4v) is 2.23. The highest BCUT2D eigenvalue weighted by Gasteiger charge is 2.22. The van der Waals surface area contributed by atoms with Crippen molar-refractivity contribution in [3.8, 4) is 5.75 Å². The quantitative estimate of drug-likeness (QED) is 0.760. The second-order valence-electron chi connectivity index (χ2n) is 5.93. The predicted octanol–water partition coefficient (Wildman–Crippen LogP) is 4.11. The topological polar surface area (TPSA) is 21.3 Å². The van der Waals surface area contributed by atoms with E-state index in [0.717, 1.165) is 24.8 Å². The Labute approximate surface area is 117 Å². The number of benzene rings is 1. The van der Waals surface area contributed by atoms with Crippen LogP contribution in [-0.2, 0) is 0 Å². The first kappa shape index (κ1) is 14.4. The van der Waals surface area contributed by atoms with Gasteiger partial charge in [0.1, 0.15) is 11.9 Å². The van der Waals surface area contributed by atoms with Gasteiger partial charge >= 0.3 is 0 Å². The molecular formula is C17H27NO. The van der Waals surface area contributed by atoms with E-state index < -0.39 is 0 Å². The highest BCUT2D eigenvalue weighted by atomic mass is 16.5. The van der Waals surface area contributed by atoms with Gasteiger partial charge in [0.15, 0.2) is 0 Å². The van der Waals surface area contributed by atoms with Gasteiger partial charge in [0.2, 0.25) is 0 Å². The van der Waals surface area contributed by atoms with Gasteiger partial charge in [0, 0.05) is 12.6 Å². The number of nitrogens with one attached hydrogen (secondary N) is 1. The third-order valence-electron chi connectivity index (χ3n) is 3.67. The minimum absolute atomic E-state index is 0.301. The Kier molecular flexibility index (Phi) is 5.26. The van der Waals surface area contributed by atoms with Crippen molar-refractivity contribution in [2.45, 2.75) is 64.5 Å². The van der Waals surface area contributed by atoms with Crippen LogP contribution in [0.1, 0.15) is 57.9 Å². The molecule has 1 unspecified atom stereocenters. The summed E-state index contributed by atoms with van der Waals surface area (Å²) < 4.78 is 6.11. The molecule has 0 bridgehead atoms. The molecule has 1 atom stereocenters. The Balaban J connectivity index is 1.87. The summed E-state index contributed by atoms with van der Waals surface area (Å²) in [6, 6.07) is 9.32. The van der Waals surface area contributed by atoms with E-state index in [1.807, 2.05) is 0 Å². The average Bonchev–Trinajstić information content (AvgIpc) is 3.21. The van der Waals surface area contributed by atoms with Crippen molar-refractivity contribution in [3.63, 3.8) is 0 Å². The molecule has 2 heteroatoms. The van der Waals surface area contributed by atoms with E-state index in [2.05, 4.69) is 50.4 Å². The maximum atomic E-state index is 6.11. The highest BCUT2D eigenvalue weighted by Crippen LogP contribution is 2.21. The van der Waals surface area contributed by atoms with Gasteiger partial charge in [-0.2, -0.15) is 0 Å². The van der Waals surface area contributed by atoms with Crippen LogP contribution in [0.3, 0.4) is 0 Å². The van der Waals surface area contributed by atoms with Gasteiger partial charge in [-0.25, -0.2) is 0 Å². The summed E-state index contributed by atoms with van der Waals surface area (Å²) in [6.45, 7) is 7.63. The lowest BCUT2D eigenvalue weighted by Gasteiger charge is -2.19. The summed E-state index contributed by atoms with van der Waals surface area (Å²) in [5, 5.41) is 3.57. The summed E-state index contributed by atoms with van der Waals surface area (Å²) in [5.74, 6) is 1.58. The van der Waals surface area contributed by atoms with Crippen LogP contribution in [0.4, 0.5) is 0 Å². The Hall–Kier alpha value is -1.02. The van der Waals surface area contributed by atoms with Crippen molar-refractivity contribution >= 4 is 0 Å². The van der Waals surface area contributed by atoms with Gasteiger partial charge in [0.25, 0.3) is 0 Å². The van der Waals surface area contributed by atoms with Crippen LogP contribution < -0.4 is 10.1 Å². The molecule has 19 heavy (non-hydrogen) atoms. The van der Waals surface area contributed by atoms with Crippen molar-refractivity contribution in [2.24, 2.45) is 0 Å². The molecule has 0 heterocycles. The monoisotopic (exact) mass is 261 g/mol. The molecule has 1 fully saturated rings. The van der Waals surface area contributed by atoms with Crippen LogP contribution in [0.25, 0.3) is 0 Å². The normalized spacial score (nSPS) is 16.6. The molecule has 1 aliphatic rings. The number of hydrogen-bond acceptors (Lipinski definition) is 2. The minimum atomic E-state index is 0.301. The van der Waals surface area contributed by atoms with E-state index in [9.17, 15) is 0 Å². The average molecular weight is 261 g/mol. The summed E-state index contributed by atoms with van der Waals surface area (Å²) in [4.78, 5) is 0. The van der Waals surface area contributed by atoms with Crippen molar-refractivity contribution in [1.82, 2.24) is 5.32 Å². The lowest BCUT2D eigenvalue weighted by Crippen LogP contribution is -2.32. The summed E-state index contributed by atoms with van der Waals surface area (Å²) in [7, 11) is 0. The van der Waals surface area contributed by atoms with Gasteiger partial charge in [-0.1, -0.05) is 39.3 Å². The molecule has 1 aromatic carbocycles. The Bertz CT molecular complexity index is 367. The lowest BCUT2D eigenvalue weighted by atomic mass is 10.0. The van der Waals surface area contributed by atoms with Crippen LogP contribution in [0.5, 0.6) is 5.75 Å². The largest absolute Gasteiger partial charge is 0.489 e. The molecule has 106 valence electrons. The second kappa shape index (κ2) is 6.95. The van der Waals surface area contributed by atoms with Crippen LogP contribution in [0, 0.1) is 0 Å². The minimum Gasteiger partial charge on any atom is -0.489 e. The zero-order valence-electron chi connectivity index (χ0n) is 12.5. The van der Waals surface area contributed by atoms with E-state index in [4.69, 9.17) is 4.74 Å². The first-order valence-electron chi connectivity index (χ1n) is 7.69. The van der Waals surface area contributed by atoms with Gasteiger partial charge < -0.3 is 10.1 Å². The number of rotatable bonds is 8. The van der Waals surface area contributed by atoms with Gasteiger partial charge in [0.05, 0.1) is 0 Å². The first-order chi connectivity index (χ1) is 9.19. The van der Waals surface area contributed by atoms with Crippen LogP contribution in [0.2, 0.25) is 0 Å². The zero-order chi connectivity index (χ0) is 13.7. The van der Waals surface area contributed by atoms with Crippen molar-refractivity contribution in [2.75, 3.05) is 6.54 Å². The molecule has 1 aromatic rings. The third-order valence-corrected chi connectivity index (χ3v) is 3.67. The fourth-order valence-electron chi connectivity index (χ4n) is 2.23.